The first-order chi connectivity index (χ1) is 10.3. The van der Waals surface area contributed by atoms with Crippen molar-refractivity contribution in [3.8, 4) is 0 Å². The highest BCUT2D eigenvalue weighted by Crippen LogP contribution is 2.29. The Bertz CT molecular complexity index is 791. The highest BCUT2D eigenvalue weighted by atomic mass is 32.1. The van der Waals surface area contributed by atoms with Crippen LogP contribution in [0.2, 0.25) is 0 Å². The fraction of sp³-hybridized carbons (Fsp3) is 0.278. The van der Waals surface area contributed by atoms with E-state index in [1.54, 1.807) is 11.3 Å². The molecule has 0 spiro atoms. The molecular formula is C18H18N2S. The first kappa shape index (κ1) is 12.8. The van der Waals surface area contributed by atoms with Crippen molar-refractivity contribution in [1.29, 1.82) is 0 Å². The predicted octanol–water partition coefficient (Wildman–Crippen LogP) is 4.56. The van der Waals surface area contributed by atoms with Gasteiger partial charge in [-0.05, 0) is 49.1 Å². The molecular weight excluding hydrogens is 276 g/mol. The summed E-state index contributed by atoms with van der Waals surface area (Å²) in [6.45, 7) is 4.21. The number of benzene rings is 2. The van der Waals surface area contributed by atoms with Crippen LogP contribution in [0.1, 0.15) is 22.6 Å². The third kappa shape index (κ3) is 2.42. The number of thiazole rings is 1. The van der Waals surface area contributed by atoms with E-state index in [1.807, 2.05) is 0 Å². The van der Waals surface area contributed by atoms with E-state index in [2.05, 4.69) is 59.3 Å². The van der Waals surface area contributed by atoms with E-state index in [1.165, 1.54) is 34.4 Å². The molecule has 0 bridgehead atoms. The highest BCUT2D eigenvalue weighted by Gasteiger charge is 2.16. The van der Waals surface area contributed by atoms with Gasteiger partial charge in [-0.1, -0.05) is 24.3 Å². The molecule has 3 aromatic rings. The van der Waals surface area contributed by atoms with E-state index in [4.69, 9.17) is 0 Å². The Morgan fingerprint density at radius 2 is 2.10 bits per heavy atom. The minimum Gasteiger partial charge on any atom is -0.367 e. The summed E-state index contributed by atoms with van der Waals surface area (Å²) in [6.07, 6.45) is 2.46. The molecule has 106 valence electrons. The van der Waals surface area contributed by atoms with Gasteiger partial charge in [0.25, 0.3) is 0 Å². The van der Waals surface area contributed by atoms with Crippen LogP contribution in [-0.2, 0) is 13.0 Å². The maximum Gasteiger partial charge on any atom is 0.0907 e. The SMILES string of the molecule is Cc1nc2ccc(CN3CCCc4ccccc43)cc2s1. The number of aromatic nitrogens is 1. The molecule has 1 aliphatic rings. The van der Waals surface area contributed by atoms with E-state index in [0.717, 1.165) is 23.6 Å². The van der Waals surface area contributed by atoms with Gasteiger partial charge in [0.2, 0.25) is 0 Å². The number of para-hydroxylation sites is 1. The van der Waals surface area contributed by atoms with Gasteiger partial charge in [0.05, 0.1) is 15.2 Å². The van der Waals surface area contributed by atoms with Crippen molar-refractivity contribution < 1.29 is 0 Å². The Kier molecular flexibility index (Phi) is 3.15. The summed E-state index contributed by atoms with van der Waals surface area (Å²) >= 11 is 1.78. The van der Waals surface area contributed by atoms with E-state index < -0.39 is 0 Å². The highest BCUT2D eigenvalue weighted by molar-refractivity contribution is 7.18. The van der Waals surface area contributed by atoms with E-state index in [9.17, 15) is 0 Å². The van der Waals surface area contributed by atoms with Crippen molar-refractivity contribution in [1.82, 2.24) is 4.98 Å². The number of nitrogens with zero attached hydrogens (tertiary/aromatic N) is 2. The summed E-state index contributed by atoms with van der Waals surface area (Å²) in [6, 6.07) is 15.5. The molecule has 2 heterocycles. The molecule has 0 saturated heterocycles. The Morgan fingerprint density at radius 3 is 3.05 bits per heavy atom. The largest absolute Gasteiger partial charge is 0.367 e. The number of hydrogen-bond acceptors (Lipinski definition) is 3. The van der Waals surface area contributed by atoms with Crippen LogP contribution >= 0.6 is 11.3 Å². The summed E-state index contributed by atoms with van der Waals surface area (Å²) in [5.41, 5.74) is 5.39. The third-order valence-corrected chi connectivity index (χ3v) is 5.07. The van der Waals surface area contributed by atoms with E-state index in [0.29, 0.717) is 0 Å². The number of fused-ring (bicyclic) bond motifs is 2. The first-order valence-corrected chi connectivity index (χ1v) is 8.30. The molecule has 1 aromatic heterocycles. The van der Waals surface area contributed by atoms with Crippen molar-refractivity contribution in [2.45, 2.75) is 26.3 Å². The summed E-state index contributed by atoms with van der Waals surface area (Å²) in [7, 11) is 0. The van der Waals surface area contributed by atoms with E-state index >= 15 is 0 Å². The van der Waals surface area contributed by atoms with Gasteiger partial charge >= 0.3 is 0 Å². The molecule has 0 amide bonds. The minimum absolute atomic E-state index is 0.990. The average molecular weight is 294 g/mol. The van der Waals surface area contributed by atoms with Crippen LogP contribution in [0.25, 0.3) is 10.2 Å². The molecule has 0 unspecified atom stereocenters. The van der Waals surface area contributed by atoms with E-state index in [-0.39, 0.29) is 0 Å². The monoisotopic (exact) mass is 294 g/mol. The number of rotatable bonds is 2. The summed E-state index contributed by atoms with van der Waals surface area (Å²) in [4.78, 5) is 7.05. The quantitative estimate of drug-likeness (QED) is 0.689. The van der Waals surface area contributed by atoms with Gasteiger partial charge in [0, 0.05) is 18.8 Å². The Morgan fingerprint density at radius 1 is 1.19 bits per heavy atom. The van der Waals surface area contributed by atoms with Crippen LogP contribution in [0.15, 0.2) is 42.5 Å². The van der Waals surface area contributed by atoms with Gasteiger partial charge in [-0.2, -0.15) is 0 Å². The predicted molar refractivity (Wildman–Crippen MR) is 90.2 cm³/mol. The Hall–Kier alpha value is -1.87. The van der Waals surface area contributed by atoms with Crippen LogP contribution in [-0.4, -0.2) is 11.5 Å². The fourth-order valence-corrected chi connectivity index (χ4v) is 4.07. The Balaban J connectivity index is 1.65. The standard InChI is InChI=1S/C18H18N2S/c1-13-19-16-9-8-14(11-18(16)21-13)12-20-10-4-6-15-5-2-3-7-17(15)20/h2-3,5,7-9,11H,4,6,10,12H2,1H3. The molecule has 0 saturated carbocycles. The molecule has 4 rings (SSSR count). The van der Waals surface area contributed by atoms with Crippen LogP contribution in [0, 0.1) is 6.92 Å². The van der Waals surface area contributed by atoms with Gasteiger partial charge in [0.1, 0.15) is 0 Å². The lowest BCUT2D eigenvalue weighted by Gasteiger charge is -2.31. The summed E-state index contributed by atoms with van der Waals surface area (Å²) < 4.78 is 1.30. The lowest BCUT2D eigenvalue weighted by Crippen LogP contribution is -2.28. The van der Waals surface area contributed by atoms with Gasteiger partial charge in [-0.3, -0.25) is 0 Å². The van der Waals surface area contributed by atoms with Crippen LogP contribution in [0.3, 0.4) is 0 Å². The van der Waals surface area contributed by atoms with Gasteiger partial charge < -0.3 is 4.90 Å². The van der Waals surface area contributed by atoms with Crippen molar-refractivity contribution in [3.63, 3.8) is 0 Å². The Labute approximate surface area is 129 Å². The van der Waals surface area contributed by atoms with Crippen molar-refractivity contribution in [2.75, 3.05) is 11.4 Å². The molecule has 1 aliphatic heterocycles. The van der Waals surface area contributed by atoms with Crippen LogP contribution in [0.4, 0.5) is 5.69 Å². The molecule has 0 atom stereocenters. The zero-order valence-electron chi connectivity index (χ0n) is 12.2. The van der Waals surface area contributed by atoms with Crippen molar-refractivity contribution >= 4 is 27.2 Å². The molecule has 0 N–H and O–H groups in total. The van der Waals surface area contributed by atoms with Crippen LogP contribution < -0.4 is 4.90 Å². The lowest BCUT2D eigenvalue weighted by atomic mass is 10.0. The summed E-state index contributed by atoms with van der Waals surface area (Å²) in [5, 5.41) is 1.14. The second kappa shape index (κ2) is 5.15. The topological polar surface area (TPSA) is 16.1 Å². The molecule has 0 radical (unpaired) electrons. The maximum atomic E-state index is 4.54. The lowest BCUT2D eigenvalue weighted by molar-refractivity contribution is 0.691. The molecule has 2 aromatic carbocycles. The van der Waals surface area contributed by atoms with Crippen molar-refractivity contribution in [2.24, 2.45) is 0 Å². The zero-order valence-corrected chi connectivity index (χ0v) is 13.0. The van der Waals surface area contributed by atoms with Gasteiger partial charge in [0.15, 0.2) is 0 Å². The van der Waals surface area contributed by atoms with Gasteiger partial charge in [-0.25, -0.2) is 4.98 Å². The normalized spacial score (nSPS) is 14.4. The third-order valence-electron chi connectivity index (χ3n) is 4.14. The summed E-state index contributed by atoms with van der Waals surface area (Å²) in [5.74, 6) is 0. The smallest absolute Gasteiger partial charge is 0.0907 e. The molecule has 0 fully saturated rings. The first-order valence-electron chi connectivity index (χ1n) is 7.48. The zero-order chi connectivity index (χ0) is 14.2. The molecule has 21 heavy (non-hydrogen) atoms. The fourth-order valence-electron chi connectivity index (χ4n) is 3.18. The number of anilines is 1. The maximum absolute atomic E-state index is 4.54. The second-order valence-electron chi connectivity index (χ2n) is 5.69. The molecule has 0 aliphatic carbocycles. The van der Waals surface area contributed by atoms with Crippen molar-refractivity contribution in [3.05, 3.63) is 58.6 Å². The molecule has 2 nitrogen and oxygen atoms in total. The van der Waals surface area contributed by atoms with Crippen LogP contribution in [0.5, 0.6) is 0 Å². The molecule has 3 heteroatoms. The average Bonchev–Trinajstić information content (AvgIpc) is 2.87. The second-order valence-corrected chi connectivity index (χ2v) is 6.92. The minimum atomic E-state index is 0.990. The van der Waals surface area contributed by atoms with Gasteiger partial charge in [-0.15, -0.1) is 11.3 Å². The number of aryl methyl sites for hydroxylation is 2. The number of hydrogen-bond donors (Lipinski definition) is 0.